The number of urea groups is 2. The molecule has 1 aromatic rings. The molecule has 0 saturated carbocycles. The highest BCUT2D eigenvalue weighted by Gasteiger charge is 2.46. The molecule has 1 heterocycles. The lowest BCUT2D eigenvalue weighted by Crippen LogP contribution is -2.46. The summed E-state index contributed by atoms with van der Waals surface area (Å²) in [6.45, 7) is 1.60. The van der Waals surface area contributed by atoms with Crippen LogP contribution in [0, 0.1) is 0 Å². The van der Waals surface area contributed by atoms with E-state index in [0.29, 0.717) is 22.1 Å². The van der Waals surface area contributed by atoms with Crippen molar-refractivity contribution in [1.29, 1.82) is 0 Å². The third kappa shape index (κ3) is 4.60. The third-order valence-electron chi connectivity index (χ3n) is 3.75. The van der Waals surface area contributed by atoms with Gasteiger partial charge < -0.3 is 10.1 Å². The van der Waals surface area contributed by atoms with Crippen molar-refractivity contribution in [2.45, 2.75) is 19.8 Å². The number of nitrogens with zero attached hydrogens (tertiary/aromatic N) is 2. The van der Waals surface area contributed by atoms with Crippen LogP contribution < -0.4 is 20.3 Å². The van der Waals surface area contributed by atoms with E-state index in [0.717, 1.165) is 12.8 Å². The summed E-state index contributed by atoms with van der Waals surface area (Å²) in [5.74, 6) is -2.59. The predicted molar refractivity (Wildman–Crippen MR) is 94.0 cm³/mol. The first kappa shape index (κ1) is 19.9. The molecule has 0 unspecified atom stereocenters. The predicted octanol–water partition coefficient (Wildman–Crippen LogP) is 0.616. The smallest absolute Gasteiger partial charge is 0.339 e. The highest BCUT2D eigenvalue weighted by Crippen LogP contribution is 2.24. The van der Waals surface area contributed by atoms with Crippen LogP contribution in [0.3, 0.4) is 0 Å². The van der Waals surface area contributed by atoms with E-state index in [2.05, 4.69) is 5.32 Å². The second-order valence-corrected chi connectivity index (χ2v) is 5.67. The largest absolute Gasteiger partial charge is 0.497 e. The van der Waals surface area contributed by atoms with Gasteiger partial charge in [-0.05, 0) is 30.7 Å². The van der Waals surface area contributed by atoms with Crippen LogP contribution in [-0.2, 0) is 14.4 Å². The van der Waals surface area contributed by atoms with Crippen molar-refractivity contribution < 1.29 is 28.7 Å². The van der Waals surface area contributed by atoms with Crippen LogP contribution in [0.5, 0.6) is 5.75 Å². The molecule has 0 aliphatic carbocycles. The molecular formula is C17H20N4O6. The van der Waals surface area contributed by atoms with Crippen molar-refractivity contribution >= 4 is 35.5 Å². The number of hydrogen-bond acceptors (Lipinski definition) is 6. The summed E-state index contributed by atoms with van der Waals surface area (Å²) in [5.41, 5.74) is 0.166. The van der Waals surface area contributed by atoms with Gasteiger partial charge in [-0.1, -0.05) is 13.3 Å². The van der Waals surface area contributed by atoms with Gasteiger partial charge in [-0.15, -0.1) is 0 Å². The molecule has 1 aliphatic heterocycles. The van der Waals surface area contributed by atoms with E-state index in [1.165, 1.54) is 31.4 Å². The Hall–Kier alpha value is -3.43. The van der Waals surface area contributed by atoms with E-state index in [1.54, 1.807) is 0 Å². The Morgan fingerprint density at radius 1 is 1.07 bits per heavy atom. The summed E-state index contributed by atoms with van der Waals surface area (Å²) in [4.78, 5) is 61.2. The van der Waals surface area contributed by atoms with Gasteiger partial charge in [0, 0.05) is 6.54 Å². The van der Waals surface area contributed by atoms with E-state index < -0.39 is 36.3 Å². The Balaban J connectivity index is 2.02. The molecular weight excluding hydrogens is 356 g/mol. The van der Waals surface area contributed by atoms with E-state index in [9.17, 15) is 24.0 Å². The average Bonchev–Trinajstić information content (AvgIpc) is 2.85. The number of hydrogen-bond donors (Lipinski definition) is 2. The maximum Gasteiger partial charge on any atom is 0.339 e. The van der Waals surface area contributed by atoms with Crippen molar-refractivity contribution in [1.82, 2.24) is 15.5 Å². The monoisotopic (exact) mass is 376 g/mol. The minimum absolute atomic E-state index is 0.166. The lowest BCUT2D eigenvalue weighted by atomic mass is 10.3. The van der Waals surface area contributed by atoms with Gasteiger partial charge in [0.25, 0.3) is 0 Å². The molecule has 10 nitrogen and oxygen atoms in total. The lowest BCUT2D eigenvalue weighted by molar-refractivity contribution is -0.140. The summed E-state index contributed by atoms with van der Waals surface area (Å²) in [5, 5.41) is 4.48. The molecule has 0 radical (unpaired) electrons. The summed E-state index contributed by atoms with van der Waals surface area (Å²) in [7, 11) is 1.46. The molecule has 144 valence electrons. The minimum atomic E-state index is -1.14. The fraction of sp³-hybridized carbons (Fsp3) is 0.353. The van der Waals surface area contributed by atoms with Crippen molar-refractivity contribution in [3.63, 3.8) is 0 Å². The quantitative estimate of drug-likeness (QED) is 0.408. The minimum Gasteiger partial charge on any atom is -0.497 e. The van der Waals surface area contributed by atoms with Crippen molar-refractivity contribution in [2.24, 2.45) is 0 Å². The normalized spacial score (nSPS) is 13.8. The maximum absolute atomic E-state index is 12.4. The van der Waals surface area contributed by atoms with Gasteiger partial charge in [0.15, 0.2) is 0 Å². The zero-order valence-corrected chi connectivity index (χ0v) is 15.0. The average molecular weight is 376 g/mol. The fourth-order valence-corrected chi connectivity index (χ4v) is 2.34. The van der Waals surface area contributed by atoms with Gasteiger partial charge in [0.05, 0.1) is 12.8 Å². The number of anilines is 1. The first-order valence-corrected chi connectivity index (χ1v) is 8.30. The van der Waals surface area contributed by atoms with Crippen LogP contribution in [0.2, 0.25) is 0 Å². The highest BCUT2D eigenvalue weighted by atomic mass is 16.5. The van der Waals surface area contributed by atoms with Crippen LogP contribution in [0.4, 0.5) is 15.3 Å². The Kier molecular flexibility index (Phi) is 6.47. The number of rotatable bonds is 7. The summed E-state index contributed by atoms with van der Waals surface area (Å²) in [6, 6.07) is 4.23. The van der Waals surface area contributed by atoms with Gasteiger partial charge in [-0.25, -0.2) is 19.4 Å². The van der Waals surface area contributed by atoms with E-state index in [1.807, 2.05) is 12.2 Å². The van der Waals surface area contributed by atoms with Crippen LogP contribution in [-0.4, -0.2) is 54.9 Å². The van der Waals surface area contributed by atoms with Gasteiger partial charge in [0.1, 0.15) is 12.3 Å². The second-order valence-electron chi connectivity index (χ2n) is 5.67. The molecule has 2 N–H and O–H groups in total. The van der Waals surface area contributed by atoms with Crippen molar-refractivity contribution in [3.05, 3.63) is 24.3 Å². The number of carbonyl (C=O) groups is 5. The van der Waals surface area contributed by atoms with Gasteiger partial charge in [-0.2, -0.15) is 0 Å². The van der Waals surface area contributed by atoms with Crippen LogP contribution in [0.15, 0.2) is 24.3 Å². The zero-order valence-electron chi connectivity index (χ0n) is 15.0. The number of unbranched alkanes of at least 4 members (excludes halogenated alkanes) is 1. The Morgan fingerprint density at radius 3 is 2.33 bits per heavy atom. The molecule has 7 amide bonds. The number of ether oxygens (including phenoxy) is 1. The standard InChI is InChI=1S/C17H20N4O6/c1-3-4-9-18-16(25)19-13(22)10-20-14(23)15(24)21(17(20)26)11-5-7-12(27-2)8-6-11/h5-8H,3-4,9-10H2,1-2H3,(H2,18,19,22,25). The summed E-state index contributed by atoms with van der Waals surface area (Å²) in [6.07, 6.45) is 1.62. The Bertz CT molecular complexity index is 761. The van der Waals surface area contributed by atoms with Gasteiger partial charge in [-0.3, -0.25) is 19.7 Å². The number of imide groups is 3. The summed E-state index contributed by atoms with van der Waals surface area (Å²) < 4.78 is 5.00. The Labute approximate surface area is 155 Å². The van der Waals surface area contributed by atoms with E-state index in [-0.39, 0.29) is 5.69 Å². The van der Waals surface area contributed by atoms with Gasteiger partial charge >= 0.3 is 23.9 Å². The third-order valence-corrected chi connectivity index (χ3v) is 3.75. The molecule has 0 atom stereocenters. The molecule has 0 bridgehead atoms. The van der Waals surface area contributed by atoms with Gasteiger partial charge in [0.2, 0.25) is 5.91 Å². The Morgan fingerprint density at radius 2 is 1.74 bits per heavy atom. The van der Waals surface area contributed by atoms with Crippen molar-refractivity contribution in [3.8, 4) is 5.75 Å². The first-order chi connectivity index (χ1) is 12.9. The molecule has 2 rings (SSSR count). The number of benzene rings is 1. The van der Waals surface area contributed by atoms with Crippen LogP contribution in [0.1, 0.15) is 19.8 Å². The molecule has 10 heteroatoms. The number of amides is 7. The molecule has 1 fully saturated rings. The fourth-order valence-electron chi connectivity index (χ4n) is 2.34. The SMILES string of the molecule is CCCCNC(=O)NC(=O)CN1C(=O)C(=O)N(c2ccc(OC)cc2)C1=O. The van der Waals surface area contributed by atoms with E-state index in [4.69, 9.17) is 4.74 Å². The molecule has 27 heavy (non-hydrogen) atoms. The maximum atomic E-state index is 12.4. The topological polar surface area (TPSA) is 125 Å². The highest BCUT2D eigenvalue weighted by molar-refractivity contribution is 6.53. The van der Waals surface area contributed by atoms with Crippen LogP contribution in [0.25, 0.3) is 0 Å². The molecule has 0 aromatic heterocycles. The van der Waals surface area contributed by atoms with Crippen molar-refractivity contribution in [2.75, 3.05) is 25.1 Å². The molecule has 1 aromatic carbocycles. The molecule has 0 spiro atoms. The number of nitrogens with one attached hydrogen (secondary N) is 2. The molecule has 1 aliphatic rings. The van der Waals surface area contributed by atoms with E-state index >= 15 is 0 Å². The number of carbonyl (C=O) groups excluding carboxylic acids is 5. The zero-order chi connectivity index (χ0) is 20.0. The first-order valence-electron chi connectivity index (χ1n) is 8.30. The summed E-state index contributed by atoms with van der Waals surface area (Å²) >= 11 is 0. The lowest BCUT2D eigenvalue weighted by Gasteiger charge is -2.15. The number of methoxy groups -OCH3 is 1. The molecule has 1 saturated heterocycles. The second kappa shape index (κ2) is 8.79. The van der Waals surface area contributed by atoms with Crippen LogP contribution >= 0.6 is 0 Å².